The molecule has 1 heterocycles. The molecule has 5 nitrogen and oxygen atoms in total. The van der Waals surface area contributed by atoms with E-state index in [1.807, 2.05) is 11.8 Å². The van der Waals surface area contributed by atoms with E-state index in [-0.39, 0.29) is 12.5 Å². The van der Waals surface area contributed by atoms with E-state index in [0.29, 0.717) is 11.5 Å². The van der Waals surface area contributed by atoms with E-state index >= 15 is 0 Å². The van der Waals surface area contributed by atoms with Gasteiger partial charge in [-0.3, -0.25) is 4.79 Å². The molecule has 88 valence electrons. The summed E-state index contributed by atoms with van der Waals surface area (Å²) in [5, 5.41) is 0. The van der Waals surface area contributed by atoms with Crippen LogP contribution in [0.25, 0.3) is 0 Å². The molecule has 1 rings (SSSR count). The number of rotatable bonds is 5. The summed E-state index contributed by atoms with van der Waals surface area (Å²) in [6.45, 7) is 2.92. The van der Waals surface area contributed by atoms with Crippen molar-refractivity contribution in [1.82, 2.24) is 4.98 Å². The summed E-state index contributed by atoms with van der Waals surface area (Å²) >= 11 is 0. The molecule has 2 N–H and O–H groups in total. The minimum absolute atomic E-state index is 0.172. The number of methoxy groups -OCH3 is 1. The van der Waals surface area contributed by atoms with Crippen LogP contribution in [0.15, 0.2) is 18.3 Å². The van der Waals surface area contributed by atoms with Gasteiger partial charge >= 0.3 is 5.97 Å². The van der Waals surface area contributed by atoms with Crippen LogP contribution >= 0.6 is 0 Å². The second-order valence-electron chi connectivity index (χ2n) is 3.41. The summed E-state index contributed by atoms with van der Waals surface area (Å²) in [6, 6.07) is 3.53. The number of hydrogen-bond acceptors (Lipinski definition) is 5. The summed E-state index contributed by atoms with van der Waals surface area (Å²) in [5.41, 5.74) is 6.38. The van der Waals surface area contributed by atoms with Gasteiger partial charge in [0.1, 0.15) is 6.54 Å². The van der Waals surface area contributed by atoms with E-state index in [4.69, 9.17) is 5.73 Å². The van der Waals surface area contributed by atoms with Crippen molar-refractivity contribution in [2.24, 2.45) is 0 Å². The zero-order valence-electron chi connectivity index (χ0n) is 9.64. The van der Waals surface area contributed by atoms with Gasteiger partial charge in [0.25, 0.3) is 0 Å². The quantitative estimate of drug-likeness (QED) is 0.756. The molecule has 0 spiro atoms. The molecule has 0 saturated heterocycles. The smallest absolute Gasteiger partial charge is 0.325 e. The maximum atomic E-state index is 11.2. The van der Waals surface area contributed by atoms with Gasteiger partial charge in [0, 0.05) is 12.7 Å². The molecule has 5 heteroatoms. The Morgan fingerprint density at radius 3 is 2.94 bits per heavy atom. The second-order valence-corrected chi connectivity index (χ2v) is 3.41. The molecule has 0 aromatic carbocycles. The Labute approximate surface area is 95.2 Å². The highest BCUT2D eigenvalue weighted by Crippen LogP contribution is 2.19. The molecule has 0 amide bonds. The number of aromatic nitrogens is 1. The zero-order chi connectivity index (χ0) is 12.0. The number of esters is 1. The second kappa shape index (κ2) is 5.95. The fourth-order valence-corrected chi connectivity index (χ4v) is 1.42. The molecule has 0 unspecified atom stereocenters. The van der Waals surface area contributed by atoms with Crippen molar-refractivity contribution in [3.63, 3.8) is 0 Å². The third kappa shape index (κ3) is 3.12. The number of nitrogen functional groups attached to an aromatic ring is 1. The Kier molecular flexibility index (Phi) is 4.57. The van der Waals surface area contributed by atoms with Gasteiger partial charge in [-0.1, -0.05) is 6.92 Å². The molecule has 0 aliphatic rings. The average Bonchev–Trinajstić information content (AvgIpc) is 2.29. The molecule has 0 radical (unpaired) electrons. The number of anilines is 2. The van der Waals surface area contributed by atoms with E-state index < -0.39 is 0 Å². The first-order chi connectivity index (χ1) is 7.69. The maximum Gasteiger partial charge on any atom is 0.325 e. The molecular formula is C11H17N3O2. The molecule has 0 bridgehead atoms. The Balaban J connectivity index is 2.85. The largest absolute Gasteiger partial charge is 0.468 e. The molecule has 0 saturated carbocycles. The molecule has 0 atom stereocenters. The van der Waals surface area contributed by atoms with Crippen molar-refractivity contribution in [3.8, 4) is 0 Å². The molecule has 0 aliphatic carbocycles. The van der Waals surface area contributed by atoms with Crippen LogP contribution < -0.4 is 10.6 Å². The van der Waals surface area contributed by atoms with Gasteiger partial charge < -0.3 is 15.4 Å². The van der Waals surface area contributed by atoms with Crippen LogP contribution in [0.5, 0.6) is 0 Å². The first-order valence-electron chi connectivity index (χ1n) is 5.21. The molecule has 1 aromatic rings. The van der Waals surface area contributed by atoms with Gasteiger partial charge in [0.05, 0.1) is 12.8 Å². The number of carbonyl (C=O) groups excluding carboxylic acids is 1. The number of carbonyl (C=O) groups is 1. The predicted molar refractivity (Wildman–Crippen MR) is 63.2 cm³/mol. The fourth-order valence-electron chi connectivity index (χ4n) is 1.42. The summed E-state index contributed by atoms with van der Waals surface area (Å²) in [5.74, 6) is 0.341. The van der Waals surface area contributed by atoms with Crippen molar-refractivity contribution >= 4 is 17.5 Å². The Bertz CT molecular complexity index is 355. The van der Waals surface area contributed by atoms with Crippen molar-refractivity contribution in [2.45, 2.75) is 13.3 Å². The van der Waals surface area contributed by atoms with Gasteiger partial charge in [-0.25, -0.2) is 4.98 Å². The lowest BCUT2D eigenvalue weighted by molar-refractivity contribution is -0.138. The van der Waals surface area contributed by atoms with Crippen molar-refractivity contribution in [2.75, 3.05) is 30.8 Å². The molecule has 0 fully saturated rings. The van der Waals surface area contributed by atoms with E-state index in [9.17, 15) is 4.79 Å². The normalized spacial score (nSPS) is 9.88. The fraction of sp³-hybridized carbons (Fsp3) is 0.455. The average molecular weight is 223 g/mol. The first-order valence-corrected chi connectivity index (χ1v) is 5.21. The van der Waals surface area contributed by atoms with Crippen molar-refractivity contribution in [3.05, 3.63) is 18.3 Å². The topological polar surface area (TPSA) is 68.5 Å². The Hall–Kier alpha value is -1.78. The van der Waals surface area contributed by atoms with Crippen molar-refractivity contribution in [1.29, 1.82) is 0 Å². The van der Waals surface area contributed by atoms with E-state index in [2.05, 4.69) is 9.72 Å². The SMILES string of the molecule is CCCN(CC(=O)OC)c1ncccc1N. The number of pyridine rings is 1. The summed E-state index contributed by atoms with van der Waals surface area (Å²) in [6.07, 6.45) is 2.57. The maximum absolute atomic E-state index is 11.2. The minimum atomic E-state index is -0.293. The minimum Gasteiger partial charge on any atom is -0.468 e. The van der Waals surface area contributed by atoms with Crippen LogP contribution in [0.3, 0.4) is 0 Å². The molecule has 1 aromatic heterocycles. The summed E-state index contributed by atoms with van der Waals surface area (Å²) in [7, 11) is 1.37. The lowest BCUT2D eigenvalue weighted by atomic mass is 10.3. The lowest BCUT2D eigenvalue weighted by Crippen LogP contribution is -2.32. The molecule has 16 heavy (non-hydrogen) atoms. The van der Waals surface area contributed by atoms with Crippen LogP contribution in [0.2, 0.25) is 0 Å². The number of ether oxygens (including phenoxy) is 1. The van der Waals surface area contributed by atoms with Crippen LogP contribution in [-0.2, 0) is 9.53 Å². The predicted octanol–water partition coefficient (Wildman–Crippen LogP) is 1.05. The molecule has 0 aliphatic heterocycles. The van der Waals surface area contributed by atoms with E-state index in [1.54, 1.807) is 18.3 Å². The number of hydrogen-bond donors (Lipinski definition) is 1. The zero-order valence-corrected chi connectivity index (χ0v) is 9.64. The Morgan fingerprint density at radius 1 is 1.62 bits per heavy atom. The highest BCUT2D eigenvalue weighted by molar-refractivity contribution is 5.77. The monoisotopic (exact) mass is 223 g/mol. The van der Waals surface area contributed by atoms with Gasteiger partial charge in [0.2, 0.25) is 0 Å². The standard InChI is InChI=1S/C11H17N3O2/c1-3-7-14(8-10(15)16-2)11-9(12)5-4-6-13-11/h4-6H,3,7-8,12H2,1-2H3. The van der Waals surface area contributed by atoms with Gasteiger partial charge in [-0.2, -0.15) is 0 Å². The van der Waals surface area contributed by atoms with Crippen LogP contribution in [0.1, 0.15) is 13.3 Å². The number of nitrogens with two attached hydrogens (primary N) is 1. The Morgan fingerprint density at radius 2 is 2.38 bits per heavy atom. The van der Waals surface area contributed by atoms with Crippen LogP contribution in [0.4, 0.5) is 11.5 Å². The molecular weight excluding hydrogens is 206 g/mol. The lowest BCUT2D eigenvalue weighted by Gasteiger charge is -2.22. The summed E-state index contributed by atoms with van der Waals surface area (Å²) < 4.78 is 4.64. The third-order valence-electron chi connectivity index (χ3n) is 2.16. The van der Waals surface area contributed by atoms with E-state index in [0.717, 1.165) is 13.0 Å². The van der Waals surface area contributed by atoms with Crippen molar-refractivity contribution < 1.29 is 9.53 Å². The summed E-state index contributed by atoms with van der Waals surface area (Å²) in [4.78, 5) is 17.2. The van der Waals surface area contributed by atoms with Gasteiger partial charge in [-0.15, -0.1) is 0 Å². The highest BCUT2D eigenvalue weighted by Gasteiger charge is 2.14. The van der Waals surface area contributed by atoms with Crippen LogP contribution in [0, 0.1) is 0 Å². The van der Waals surface area contributed by atoms with E-state index in [1.165, 1.54) is 7.11 Å². The first kappa shape index (κ1) is 12.3. The highest BCUT2D eigenvalue weighted by atomic mass is 16.5. The van der Waals surface area contributed by atoms with Crippen LogP contribution in [-0.4, -0.2) is 31.2 Å². The van der Waals surface area contributed by atoms with Gasteiger partial charge in [-0.05, 0) is 18.6 Å². The van der Waals surface area contributed by atoms with Gasteiger partial charge in [0.15, 0.2) is 5.82 Å². The third-order valence-corrected chi connectivity index (χ3v) is 2.16. The number of nitrogens with zero attached hydrogens (tertiary/aromatic N) is 2.